The number of nitrogens with zero attached hydrogens (tertiary/aromatic N) is 2. The van der Waals surface area contributed by atoms with E-state index in [0.717, 1.165) is 36.1 Å². The third-order valence-corrected chi connectivity index (χ3v) is 5.86. The molecule has 5 nitrogen and oxygen atoms in total. The van der Waals surface area contributed by atoms with Gasteiger partial charge >= 0.3 is 0 Å². The summed E-state index contributed by atoms with van der Waals surface area (Å²) in [6.07, 6.45) is 3.59. The summed E-state index contributed by atoms with van der Waals surface area (Å²) in [4.78, 5) is 19.5. The van der Waals surface area contributed by atoms with Crippen LogP contribution in [0.5, 0.6) is 5.88 Å². The molecule has 6 heteroatoms. The van der Waals surface area contributed by atoms with Crippen LogP contribution in [0.1, 0.15) is 34.8 Å². The first kappa shape index (κ1) is 21.3. The fourth-order valence-electron chi connectivity index (χ4n) is 3.98. The Bertz CT molecular complexity index is 1040. The van der Waals surface area contributed by atoms with E-state index in [1.807, 2.05) is 65.6 Å². The maximum atomic E-state index is 13.3. The van der Waals surface area contributed by atoms with Crippen molar-refractivity contribution in [1.82, 2.24) is 9.88 Å². The van der Waals surface area contributed by atoms with Crippen LogP contribution < -0.4 is 4.74 Å². The van der Waals surface area contributed by atoms with Crippen molar-refractivity contribution in [3.05, 3.63) is 83.0 Å². The summed E-state index contributed by atoms with van der Waals surface area (Å²) in [6, 6.07) is 19.2. The summed E-state index contributed by atoms with van der Waals surface area (Å²) in [7, 11) is 1.63. The van der Waals surface area contributed by atoms with Crippen LogP contribution in [0.2, 0.25) is 5.02 Å². The quantitative estimate of drug-likeness (QED) is 0.465. The van der Waals surface area contributed by atoms with E-state index < -0.39 is 0 Å². The highest BCUT2D eigenvalue weighted by molar-refractivity contribution is 6.31. The molecule has 1 saturated heterocycles. The molecule has 0 bridgehead atoms. The SMILES string of the molecule is COCCOc1ncccc1-c1ccc(C(=O)N2CCC[C@@H]2c2ccccc2Cl)cc1. The molecule has 0 saturated carbocycles. The molecule has 1 aliphatic heterocycles. The fraction of sp³-hybridized carbons (Fsp3) is 0.280. The number of likely N-dealkylation sites (tertiary alicyclic amines) is 1. The van der Waals surface area contributed by atoms with Crippen molar-refractivity contribution in [1.29, 1.82) is 0 Å². The number of hydrogen-bond donors (Lipinski definition) is 0. The molecule has 1 fully saturated rings. The Labute approximate surface area is 187 Å². The molecule has 31 heavy (non-hydrogen) atoms. The highest BCUT2D eigenvalue weighted by Crippen LogP contribution is 2.37. The maximum absolute atomic E-state index is 13.3. The van der Waals surface area contributed by atoms with Gasteiger partial charge in [0.25, 0.3) is 5.91 Å². The van der Waals surface area contributed by atoms with Crippen molar-refractivity contribution in [2.45, 2.75) is 18.9 Å². The number of amides is 1. The first-order valence-corrected chi connectivity index (χ1v) is 10.8. The molecule has 1 amide bonds. The number of ether oxygens (including phenoxy) is 2. The molecule has 160 valence electrons. The number of benzene rings is 2. The summed E-state index contributed by atoms with van der Waals surface area (Å²) < 4.78 is 10.8. The zero-order valence-electron chi connectivity index (χ0n) is 17.5. The van der Waals surface area contributed by atoms with E-state index in [-0.39, 0.29) is 11.9 Å². The Hall–Kier alpha value is -2.89. The molecule has 4 rings (SSSR count). The summed E-state index contributed by atoms with van der Waals surface area (Å²) in [5.74, 6) is 0.577. The highest BCUT2D eigenvalue weighted by Gasteiger charge is 2.31. The van der Waals surface area contributed by atoms with Crippen molar-refractivity contribution in [3.8, 4) is 17.0 Å². The van der Waals surface area contributed by atoms with Crippen molar-refractivity contribution in [2.75, 3.05) is 26.9 Å². The van der Waals surface area contributed by atoms with E-state index in [1.54, 1.807) is 13.3 Å². The van der Waals surface area contributed by atoms with Crippen molar-refractivity contribution < 1.29 is 14.3 Å². The molecule has 0 aliphatic carbocycles. The topological polar surface area (TPSA) is 51.7 Å². The minimum atomic E-state index is 0.0139. The summed E-state index contributed by atoms with van der Waals surface area (Å²) in [6.45, 7) is 1.65. The molecule has 2 heterocycles. The van der Waals surface area contributed by atoms with Gasteiger partial charge in [0.05, 0.1) is 12.6 Å². The zero-order valence-corrected chi connectivity index (χ0v) is 18.2. The molecule has 0 radical (unpaired) electrons. The number of carbonyl (C=O) groups excluding carboxylic acids is 1. The highest BCUT2D eigenvalue weighted by atomic mass is 35.5. The van der Waals surface area contributed by atoms with Gasteiger partial charge in [-0.05, 0) is 54.3 Å². The number of halogens is 1. The number of rotatable bonds is 7. The van der Waals surface area contributed by atoms with Gasteiger partial charge in [0.2, 0.25) is 5.88 Å². The second kappa shape index (κ2) is 9.94. The molecule has 1 aliphatic rings. The van der Waals surface area contributed by atoms with Crippen LogP contribution >= 0.6 is 11.6 Å². The molecule has 1 aromatic heterocycles. The van der Waals surface area contributed by atoms with Crippen LogP contribution in [0.25, 0.3) is 11.1 Å². The molecular weight excluding hydrogens is 412 g/mol. The van der Waals surface area contributed by atoms with Crippen LogP contribution in [0, 0.1) is 0 Å². The number of carbonyl (C=O) groups is 1. The smallest absolute Gasteiger partial charge is 0.254 e. The second-order valence-electron chi connectivity index (χ2n) is 7.45. The van der Waals surface area contributed by atoms with Crippen LogP contribution in [-0.2, 0) is 4.74 Å². The molecule has 3 aromatic rings. The lowest BCUT2D eigenvalue weighted by molar-refractivity contribution is 0.0736. The molecule has 1 atom stereocenters. The van der Waals surface area contributed by atoms with E-state index in [0.29, 0.717) is 29.7 Å². The average Bonchev–Trinajstić information content (AvgIpc) is 3.29. The lowest BCUT2D eigenvalue weighted by atomic mass is 10.0. The third kappa shape index (κ3) is 4.73. The number of methoxy groups -OCH3 is 1. The molecule has 2 aromatic carbocycles. The van der Waals surface area contributed by atoms with Gasteiger partial charge in [-0.15, -0.1) is 0 Å². The first-order chi connectivity index (χ1) is 15.2. The van der Waals surface area contributed by atoms with Crippen molar-refractivity contribution in [3.63, 3.8) is 0 Å². The lowest BCUT2D eigenvalue weighted by Crippen LogP contribution is -2.30. The predicted octanol–water partition coefficient (Wildman–Crippen LogP) is 5.40. The Morgan fingerprint density at radius 1 is 1.10 bits per heavy atom. The molecule has 0 spiro atoms. The zero-order chi connectivity index (χ0) is 21.6. The standard InChI is InChI=1S/C25H25ClN2O3/c1-30-16-17-31-24-20(7-4-14-27-24)18-10-12-19(13-11-18)25(29)28-15-5-9-23(28)21-6-2-3-8-22(21)26/h2-4,6-8,10-14,23H,5,9,15-17H2,1H3/t23-/m1/s1. The largest absolute Gasteiger partial charge is 0.475 e. The third-order valence-electron chi connectivity index (χ3n) is 5.52. The van der Waals surface area contributed by atoms with Crippen LogP contribution in [0.15, 0.2) is 66.9 Å². The van der Waals surface area contributed by atoms with Gasteiger partial charge in [0.15, 0.2) is 0 Å². The van der Waals surface area contributed by atoms with Crippen molar-refractivity contribution in [2.24, 2.45) is 0 Å². The van der Waals surface area contributed by atoms with E-state index in [9.17, 15) is 4.79 Å². The molecular formula is C25H25ClN2O3. The van der Waals surface area contributed by atoms with E-state index >= 15 is 0 Å². The fourth-order valence-corrected chi connectivity index (χ4v) is 4.25. The monoisotopic (exact) mass is 436 g/mol. The van der Waals surface area contributed by atoms with Crippen molar-refractivity contribution >= 4 is 17.5 Å². The Balaban J connectivity index is 1.53. The van der Waals surface area contributed by atoms with Gasteiger partial charge in [-0.2, -0.15) is 0 Å². The summed E-state index contributed by atoms with van der Waals surface area (Å²) >= 11 is 6.41. The Morgan fingerprint density at radius 3 is 2.68 bits per heavy atom. The average molecular weight is 437 g/mol. The number of pyridine rings is 1. The van der Waals surface area contributed by atoms with E-state index in [1.165, 1.54) is 0 Å². The molecule has 0 N–H and O–H groups in total. The summed E-state index contributed by atoms with van der Waals surface area (Å²) in [5, 5.41) is 0.708. The summed E-state index contributed by atoms with van der Waals surface area (Å²) in [5.41, 5.74) is 3.50. The lowest BCUT2D eigenvalue weighted by Gasteiger charge is -2.26. The van der Waals surface area contributed by atoms with E-state index in [2.05, 4.69) is 4.98 Å². The van der Waals surface area contributed by atoms with Gasteiger partial charge in [-0.3, -0.25) is 4.79 Å². The van der Waals surface area contributed by atoms with Gasteiger partial charge in [-0.25, -0.2) is 4.98 Å². The van der Waals surface area contributed by atoms with Gasteiger partial charge in [0.1, 0.15) is 6.61 Å². The van der Waals surface area contributed by atoms with E-state index in [4.69, 9.17) is 21.1 Å². The minimum Gasteiger partial charge on any atom is -0.475 e. The number of aromatic nitrogens is 1. The normalized spacial score (nSPS) is 15.8. The van der Waals surface area contributed by atoms with Gasteiger partial charge < -0.3 is 14.4 Å². The first-order valence-electron chi connectivity index (χ1n) is 10.4. The second-order valence-corrected chi connectivity index (χ2v) is 7.86. The predicted molar refractivity (Wildman–Crippen MR) is 122 cm³/mol. The Morgan fingerprint density at radius 2 is 1.90 bits per heavy atom. The number of hydrogen-bond acceptors (Lipinski definition) is 4. The van der Waals surface area contributed by atoms with Crippen LogP contribution in [-0.4, -0.2) is 42.7 Å². The van der Waals surface area contributed by atoms with Crippen LogP contribution in [0.3, 0.4) is 0 Å². The van der Waals surface area contributed by atoms with Gasteiger partial charge in [-0.1, -0.05) is 41.9 Å². The maximum Gasteiger partial charge on any atom is 0.254 e. The minimum absolute atomic E-state index is 0.0139. The van der Waals surface area contributed by atoms with Gasteiger partial charge in [0, 0.05) is 36.0 Å². The Kier molecular flexibility index (Phi) is 6.85. The molecule has 0 unspecified atom stereocenters. The van der Waals surface area contributed by atoms with Crippen LogP contribution in [0.4, 0.5) is 0 Å².